The first kappa shape index (κ1) is 12.5. The van der Waals surface area contributed by atoms with Crippen LogP contribution >= 0.6 is 0 Å². The number of fused-ring (bicyclic) bond motifs is 2. The Kier molecular flexibility index (Phi) is 3.03. The number of aryl methyl sites for hydroxylation is 1. The number of hydrogen-bond acceptors (Lipinski definition) is 3. The van der Waals surface area contributed by atoms with Gasteiger partial charge in [0, 0.05) is 10.8 Å². The van der Waals surface area contributed by atoms with Crippen molar-refractivity contribution in [2.45, 2.75) is 6.92 Å². The molecule has 0 bridgehead atoms. The van der Waals surface area contributed by atoms with Gasteiger partial charge < -0.3 is 9.47 Å². The van der Waals surface area contributed by atoms with Crippen molar-refractivity contribution in [2.24, 2.45) is 0 Å². The number of carbonyl (C=O) groups is 1. The summed E-state index contributed by atoms with van der Waals surface area (Å²) in [4.78, 5) is 11.5. The monoisotopic (exact) mass is 266 g/mol. The van der Waals surface area contributed by atoms with E-state index in [2.05, 4.69) is 16.9 Å². The Balaban J connectivity index is 2.36. The van der Waals surface area contributed by atoms with Crippen molar-refractivity contribution in [3.8, 4) is 5.75 Å². The fraction of sp³-hybridized carbons (Fsp3) is 0.118. The Morgan fingerprint density at radius 2 is 1.70 bits per heavy atom. The van der Waals surface area contributed by atoms with E-state index in [-0.39, 0.29) is 0 Å². The second-order valence-corrected chi connectivity index (χ2v) is 4.71. The van der Waals surface area contributed by atoms with E-state index in [1.54, 1.807) is 0 Å². The van der Waals surface area contributed by atoms with Gasteiger partial charge in [0.05, 0.1) is 7.11 Å². The maximum absolute atomic E-state index is 11.5. The zero-order valence-electron chi connectivity index (χ0n) is 11.3. The van der Waals surface area contributed by atoms with E-state index >= 15 is 0 Å². The molecule has 20 heavy (non-hydrogen) atoms. The summed E-state index contributed by atoms with van der Waals surface area (Å²) in [7, 11) is 1.31. The third-order valence-corrected chi connectivity index (χ3v) is 3.32. The third kappa shape index (κ3) is 2.07. The minimum Gasteiger partial charge on any atom is -0.437 e. The van der Waals surface area contributed by atoms with Gasteiger partial charge in [-0.1, -0.05) is 48.0 Å². The quantitative estimate of drug-likeness (QED) is 0.371. The molecule has 0 heterocycles. The molecule has 0 aromatic heterocycles. The molecule has 0 saturated carbocycles. The fourth-order valence-corrected chi connectivity index (χ4v) is 2.39. The van der Waals surface area contributed by atoms with E-state index < -0.39 is 6.16 Å². The Hall–Kier alpha value is -2.55. The standard InChI is InChI=1S/C17H14O3/c1-11-7-8-15-13(9-11)10-12-5-3-4-6-14(12)16(15)20-17(18)19-2/h3-10H,1-2H3. The van der Waals surface area contributed by atoms with Crippen molar-refractivity contribution in [1.29, 1.82) is 0 Å². The average molecular weight is 266 g/mol. The molecule has 0 amide bonds. The van der Waals surface area contributed by atoms with Crippen LogP contribution in [0.1, 0.15) is 5.56 Å². The molecule has 0 spiro atoms. The summed E-state index contributed by atoms with van der Waals surface area (Å²) >= 11 is 0. The van der Waals surface area contributed by atoms with Gasteiger partial charge >= 0.3 is 6.16 Å². The lowest BCUT2D eigenvalue weighted by Gasteiger charge is -2.11. The van der Waals surface area contributed by atoms with Crippen LogP contribution in [-0.2, 0) is 4.74 Å². The maximum Gasteiger partial charge on any atom is 0.513 e. The van der Waals surface area contributed by atoms with Crippen LogP contribution < -0.4 is 4.74 Å². The zero-order chi connectivity index (χ0) is 14.1. The average Bonchev–Trinajstić information content (AvgIpc) is 2.46. The van der Waals surface area contributed by atoms with E-state index in [4.69, 9.17) is 4.74 Å². The van der Waals surface area contributed by atoms with Crippen molar-refractivity contribution in [3.05, 3.63) is 54.1 Å². The number of methoxy groups -OCH3 is 1. The summed E-state index contributed by atoms with van der Waals surface area (Å²) < 4.78 is 9.98. The van der Waals surface area contributed by atoms with Gasteiger partial charge in [-0.2, -0.15) is 0 Å². The molecule has 0 N–H and O–H groups in total. The highest BCUT2D eigenvalue weighted by Gasteiger charge is 2.13. The second-order valence-electron chi connectivity index (χ2n) is 4.71. The number of hydrogen-bond donors (Lipinski definition) is 0. The summed E-state index contributed by atoms with van der Waals surface area (Å²) in [5.41, 5.74) is 1.16. The van der Waals surface area contributed by atoms with Gasteiger partial charge in [0.2, 0.25) is 0 Å². The smallest absolute Gasteiger partial charge is 0.437 e. The van der Waals surface area contributed by atoms with Gasteiger partial charge in [0.1, 0.15) is 5.75 Å². The van der Waals surface area contributed by atoms with Crippen LogP contribution in [0.2, 0.25) is 0 Å². The van der Waals surface area contributed by atoms with Crippen LogP contribution in [0, 0.1) is 6.92 Å². The molecule has 0 aliphatic rings. The number of rotatable bonds is 1. The van der Waals surface area contributed by atoms with E-state index in [1.165, 1.54) is 7.11 Å². The summed E-state index contributed by atoms with van der Waals surface area (Å²) in [6, 6.07) is 16.0. The molecule has 0 aliphatic carbocycles. The van der Waals surface area contributed by atoms with E-state index in [0.717, 1.165) is 27.1 Å². The molecule has 100 valence electrons. The minimum absolute atomic E-state index is 0.546. The Morgan fingerprint density at radius 1 is 0.950 bits per heavy atom. The number of carbonyl (C=O) groups excluding carboxylic acids is 1. The van der Waals surface area contributed by atoms with Crippen LogP contribution in [0.5, 0.6) is 5.75 Å². The highest BCUT2D eigenvalue weighted by atomic mass is 16.7. The lowest BCUT2D eigenvalue weighted by atomic mass is 10.0. The van der Waals surface area contributed by atoms with Gasteiger partial charge in [-0.3, -0.25) is 0 Å². The molecule has 0 atom stereocenters. The van der Waals surface area contributed by atoms with Gasteiger partial charge in [-0.15, -0.1) is 0 Å². The molecule has 3 heteroatoms. The first-order chi connectivity index (χ1) is 9.69. The van der Waals surface area contributed by atoms with E-state index in [9.17, 15) is 4.79 Å². The number of benzene rings is 3. The van der Waals surface area contributed by atoms with Gasteiger partial charge in [-0.25, -0.2) is 4.79 Å². The largest absolute Gasteiger partial charge is 0.513 e. The van der Waals surface area contributed by atoms with Gasteiger partial charge in [0.15, 0.2) is 0 Å². The molecule has 0 aliphatic heterocycles. The SMILES string of the molecule is COC(=O)Oc1c2ccccc2cc2cc(C)ccc12. The van der Waals surface area contributed by atoms with Gasteiger partial charge in [0.25, 0.3) is 0 Å². The molecule has 3 aromatic rings. The van der Waals surface area contributed by atoms with Crippen LogP contribution in [0.4, 0.5) is 4.79 Å². The van der Waals surface area contributed by atoms with Crippen molar-refractivity contribution in [2.75, 3.05) is 7.11 Å². The second kappa shape index (κ2) is 4.85. The Labute approximate surface area is 116 Å². The first-order valence-corrected chi connectivity index (χ1v) is 6.37. The fourth-order valence-electron chi connectivity index (χ4n) is 2.39. The third-order valence-electron chi connectivity index (χ3n) is 3.32. The molecule has 3 rings (SSSR count). The van der Waals surface area contributed by atoms with E-state index in [1.807, 2.05) is 43.3 Å². The summed E-state index contributed by atoms with van der Waals surface area (Å²) in [5, 5.41) is 3.88. The Bertz CT molecular complexity index is 806. The molecule has 0 fully saturated rings. The zero-order valence-corrected chi connectivity index (χ0v) is 11.3. The topological polar surface area (TPSA) is 35.5 Å². The van der Waals surface area contributed by atoms with Gasteiger partial charge in [-0.05, 0) is 23.8 Å². The van der Waals surface area contributed by atoms with Crippen molar-refractivity contribution in [1.82, 2.24) is 0 Å². The Morgan fingerprint density at radius 3 is 2.50 bits per heavy atom. The highest BCUT2D eigenvalue weighted by molar-refractivity contribution is 6.06. The molecule has 3 nitrogen and oxygen atoms in total. The lowest BCUT2D eigenvalue weighted by molar-refractivity contribution is 0.122. The molecular formula is C17H14O3. The molecular weight excluding hydrogens is 252 g/mol. The maximum atomic E-state index is 11.5. The summed E-state index contributed by atoms with van der Waals surface area (Å²) in [6.07, 6.45) is -0.705. The predicted octanol–water partition coefficient (Wildman–Crippen LogP) is 4.45. The molecule has 0 unspecified atom stereocenters. The van der Waals surface area contributed by atoms with Crippen LogP contribution in [-0.4, -0.2) is 13.3 Å². The molecule has 0 saturated heterocycles. The summed E-state index contributed by atoms with van der Waals surface area (Å²) in [6.45, 7) is 2.04. The van der Waals surface area contributed by atoms with Crippen LogP contribution in [0.15, 0.2) is 48.5 Å². The predicted molar refractivity (Wildman–Crippen MR) is 79.2 cm³/mol. The summed E-state index contributed by atoms with van der Waals surface area (Å²) in [5.74, 6) is 0.546. The lowest BCUT2D eigenvalue weighted by Crippen LogP contribution is -2.08. The van der Waals surface area contributed by atoms with Crippen molar-refractivity contribution >= 4 is 27.7 Å². The van der Waals surface area contributed by atoms with Crippen molar-refractivity contribution < 1.29 is 14.3 Å². The molecule has 3 aromatic carbocycles. The van der Waals surface area contributed by atoms with Crippen molar-refractivity contribution in [3.63, 3.8) is 0 Å². The van der Waals surface area contributed by atoms with Crippen LogP contribution in [0.3, 0.4) is 0 Å². The highest BCUT2D eigenvalue weighted by Crippen LogP contribution is 2.35. The number of ether oxygens (including phenoxy) is 2. The minimum atomic E-state index is -0.705. The normalized spacial score (nSPS) is 10.7. The first-order valence-electron chi connectivity index (χ1n) is 6.37. The van der Waals surface area contributed by atoms with E-state index in [0.29, 0.717) is 5.75 Å². The van der Waals surface area contributed by atoms with Crippen LogP contribution in [0.25, 0.3) is 21.5 Å². The molecule has 0 radical (unpaired) electrons.